The number of benzene rings is 1. The highest BCUT2D eigenvalue weighted by Crippen LogP contribution is 2.21. The van der Waals surface area contributed by atoms with Gasteiger partial charge in [0.25, 0.3) is 5.91 Å². The van der Waals surface area contributed by atoms with Gasteiger partial charge in [-0.3, -0.25) is 19.5 Å². The first-order chi connectivity index (χ1) is 14.4. The van der Waals surface area contributed by atoms with Gasteiger partial charge in [-0.25, -0.2) is 0 Å². The fourth-order valence-electron chi connectivity index (χ4n) is 3.44. The van der Waals surface area contributed by atoms with Crippen molar-refractivity contribution in [2.75, 3.05) is 33.3 Å². The number of aromatic amines is 1. The molecular weight excluding hydrogens is 452 g/mol. The van der Waals surface area contributed by atoms with Crippen LogP contribution in [-0.2, 0) is 14.3 Å². The van der Waals surface area contributed by atoms with E-state index in [2.05, 4.69) is 26.1 Å². The van der Waals surface area contributed by atoms with Crippen LogP contribution in [0.2, 0.25) is 0 Å². The third-order valence-electron chi connectivity index (χ3n) is 5.06. The topological polar surface area (TPSA) is 95.6 Å². The lowest BCUT2D eigenvalue weighted by Gasteiger charge is -2.32. The number of carbonyl (C=O) groups is 3. The van der Waals surface area contributed by atoms with Crippen LogP contribution in [0.15, 0.2) is 34.8 Å². The van der Waals surface area contributed by atoms with Gasteiger partial charge in [-0.1, -0.05) is 28.1 Å². The predicted octanol–water partition coefficient (Wildman–Crippen LogP) is 2.71. The average Bonchev–Trinajstić information content (AvgIpc) is 3.24. The first kappa shape index (κ1) is 22.0. The summed E-state index contributed by atoms with van der Waals surface area (Å²) in [6.07, 6.45) is 1.45. The Hall–Kier alpha value is -2.68. The van der Waals surface area contributed by atoms with Crippen molar-refractivity contribution in [3.05, 3.63) is 40.5 Å². The molecule has 1 atom stereocenters. The molecule has 1 fully saturated rings. The van der Waals surface area contributed by atoms with E-state index < -0.39 is 0 Å². The van der Waals surface area contributed by atoms with Crippen LogP contribution < -0.4 is 0 Å². The van der Waals surface area contributed by atoms with Crippen molar-refractivity contribution < 1.29 is 19.1 Å². The second-order valence-corrected chi connectivity index (χ2v) is 8.18. The number of likely N-dealkylation sites (tertiary alicyclic amines) is 1. The number of nitrogens with zero attached hydrogens (tertiary/aromatic N) is 3. The van der Waals surface area contributed by atoms with Crippen LogP contribution >= 0.6 is 15.9 Å². The summed E-state index contributed by atoms with van der Waals surface area (Å²) in [5.41, 5.74) is 1.84. The highest BCUT2D eigenvalue weighted by Gasteiger charge is 2.30. The van der Waals surface area contributed by atoms with E-state index in [1.54, 1.807) is 24.9 Å². The molecule has 160 valence electrons. The van der Waals surface area contributed by atoms with E-state index in [4.69, 9.17) is 4.74 Å². The summed E-state index contributed by atoms with van der Waals surface area (Å²) in [5.74, 6) is -1.08. The van der Waals surface area contributed by atoms with E-state index in [1.807, 2.05) is 24.3 Å². The van der Waals surface area contributed by atoms with Crippen molar-refractivity contribution >= 4 is 33.7 Å². The number of carbonyl (C=O) groups excluding carboxylic acids is 3. The van der Waals surface area contributed by atoms with Gasteiger partial charge >= 0.3 is 5.97 Å². The summed E-state index contributed by atoms with van der Waals surface area (Å²) in [7, 11) is 1.58. The molecule has 0 bridgehead atoms. The summed E-state index contributed by atoms with van der Waals surface area (Å²) < 4.78 is 6.03. The van der Waals surface area contributed by atoms with Crippen molar-refractivity contribution in [3.63, 3.8) is 0 Å². The molecule has 1 aromatic heterocycles. The van der Waals surface area contributed by atoms with Crippen molar-refractivity contribution in [2.24, 2.45) is 5.92 Å². The fraction of sp³-hybridized carbons (Fsp3) is 0.429. The third kappa shape index (κ3) is 5.27. The van der Waals surface area contributed by atoms with Gasteiger partial charge in [-0.15, -0.1) is 0 Å². The Kier molecular flexibility index (Phi) is 7.25. The van der Waals surface area contributed by atoms with Gasteiger partial charge in [0.2, 0.25) is 5.91 Å². The monoisotopic (exact) mass is 476 g/mol. The Labute approximate surface area is 183 Å². The number of ether oxygens (including phenoxy) is 1. The molecule has 2 heterocycles. The van der Waals surface area contributed by atoms with Gasteiger partial charge in [0, 0.05) is 30.2 Å². The number of amides is 2. The summed E-state index contributed by atoms with van der Waals surface area (Å²) in [6.45, 7) is 2.93. The molecule has 9 heteroatoms. The number of piperidine rings is 1. The number of likely N-dealkylation sites (N-methyl/N-ethyl adjacent to an activating group) is 1. The molecule has 2 amide bonds. The maximum atomic E-state index is 12.7. The number of halogens is 1. The van der Waals surface area contributed by atoms with E-state index in [0.29, 0.717) is 37.5 Å². The zero-order valence-corrected chi connectivity index (χ0v) is 18.6. The van der Waals surface area contributed by atoms with Crippen molar-refractivity contribution in [3.8, 4) is 11.3 Å². The highest BCUT2D eigenvalue weighted by molar-refractivity contribution is 9.10. The number of H-pyrrole nitrogens is 1. The number of hydrogen-bond donors (Lipinski definition) is 1. The van der Waals surface area contributed by atoms with Crippen LogP contribution in [-0.4, -0.2) is 71.1 Å². The lowest BCUT2D eigenvalue weighted by Crippen LogP contribution is -2.47. The van der Waals surface area contributed by atoms with Gasteiger partial charge in [0.05, 0.1) is 24.8 Å². The van der Waals surface area contributed by atoms with E-state index in [1.165, 1.54) is 4.90 Å². The second kappa shape index (κ2) is 9.88. The standard InChI is InChI=1S/C21H25BrN4O4/c1-3-30-21(29)15-5-4-10-26(12-15)19(27)13-25(2)20(28)18-11-17(23-24-18)14-6-8-16(22)9-7-14/h6-9,11,15H,3-5,10,12-13H2,1-2H3,(H,23,24). The van der Waals surface area contributed by atoms with Crippen LogP contribution in [0.5, 0.6) is 0 Å². The molecular formula is C21H25BrN4O4. The van der Waals surface area contributed by atoms with Gasteiger partial charge in [-0.05, 0) is 38.0 Å². The molecule has 30 heavy (non-hydrogen) atoms. The van der Waals surface area contributed by atoms with E-state index in [-0.39, 0.29) is 30.2 Å². The molecule has 1 aromatic carbocycles. The van der Waals surface area contributed by atoms with E-state index in [0.717, 1.165) is 16.5 Å². The van der Waals surface area contributed by atoms with Gasteiger partial charge in [0.1, 0.15) is 5.69 Å². The smallest absolute Gasteiger partial charge is 0.310 e. The summed E-state index contributed by atoms with van der Waals surface area (Å²) in [5, 5.41) is 6.95. The maximum Gasteiger partial charge on any atom is 0.310 e. The summed E-state index contributed by atoms with van der Waals surface area (Å²) in [6, 6.07) is 9.28. The zero-order chi connectivity index (χ0) is 21.7. The van der Waals surface area contributed by atoms with E-state index >= 15 is 0 Å². The van der Waals surface area contributed by atoms with Crippen LogP contribution in [0.3, 0.4) is 0 Å². The van der Waals surface area contributed by atoms with E-state index in [9.17, 15) is 14.4 Å². The minimum absolute atomic E-state index is 0.0684. The Balaban J connectivity index is 1.59. The molecule has 0 aliphatic carbocycles. The fourth-order valence-corrected chi connectivity index (χ4v) is 3.70. The Bertz CT molecular complexity index is 912. The highest BCUT2D eigenvalue weighted by atomic mass is 79.9. The lowest BCUT2D eigenvalue weighted by atomic mass is 9.98. The van der Waals surface area contributed by atoms with Crippen LogP contribution in [0.4, 0.5) is 0 Å². The quantitative estimate of drug-likeness (QED) is 0.646. The minimum Gasteiger partial charge on any atom is -0.466 e. The number of aromatic nitrogens is 2. The molecule has 0 spiro atoms. The van der Waals surface area contributed by atoms with Gasteiger partial charge in [0.15, 0.2) is 0 Å². The molecule has 1 aliphatic heterocycles. The lowest BCUT2D eigenvalue weighted by molar-refractivity contribution is -0.151. The Morgan fingerprint density at radius 1 is 1.30 bits per heavy atom. The second-order valence-electron chi connectivity index (χ2n) is 7.27. The average molecular weight is 477 g/mol. The SMILES string of the molecule is CCOC(=O)C1CCCN(C(=O)CN(C)C(=O)c2cc(-c3ccc(Br)cc3)n[nH]2)C1. The number of nitrogens with one attached hydrogen (secondary N) is 1. The largest absolute Gasteiger partial charge is 0.466 e. The normalized spacial score (nSPS) is 16.2. The van der Waals surface area contributed by atoms with Crippen molar-refractivity contribution in [1.29, 1.82) is 0 Å². The van der Waals surface area contributed by atoms with Crippen molar-refractivity contribution in [1.82, 2.24) is 20.0 Å². The molecule has 3 rings (SSSR count). The van der Waals surface area contributed by atoms with Gasteiger partial charge in [-0.2, -0.15) is 5.10 Å². The molecule has 0 radical (unpaired) electrons. The number of rotatable bonds is 6. The zero-order valence-electron chi connectivity index (χ0n) is 17.1. The van der Waals surface area contributed by atoms with Crippen LogP contribution in [0, 0.1) is 5.92 Å². The van der Waals surface area contributed by atoms with Crippen molar-refractivity contribution in [2.45, 2.75) is 19.8 Å². The molecule has 1 saturated heterocycles. The molecule has 1 N–H and O–H groups in total. The number of esters is 1. The third-order valence-corrected chi connectivity index (χ3v) is 5.59. The minimum atomic E-state index is -0.321. The van der Waals surface area contributed by atoms with Gasteiger partial charge < -0.3 is 14.5 Å². The molecule has 8 nitrogen and oxygen atoms in total. The summed E-state index contributed by atoms with van der Waals surface area (Å²) in [4.78, 5) is 40.4. The molecule has 1 aliphatic rings. The first-order valence-electron chi connectivity index (χ1n) is 9.90. The molecule has 0 saturated carbocycles. The molecule has 1 unspecified atom stereocenters. The Morgan fingerprint density at radius 3 is 2.73 bits per heavy atom. The predicted molar refractivity (Wildman–Crippen MR) is 115 cm³/mol. The van der Waals surface area contributed by atoms with Crippen LogP contribution in [0.1, 0.15) is 30.3 Å². The Morgan fingerprint density at radius 2 is 2.03 bits per heavy atom. The maximum absolute atomic E-state index is 12.7. The molecule has 2 aromatic rings. The first-order valence-corrected chi connectivity index (χ1v) is 10.7. The summed E-state index contributed by atoms with van der Waals surface area (Å²) >= 11 is 3.39. The van der Waals surface area contributed by atoms with Crippen LogP contribution in [0.25, 0.3) is 11.3 Å². The number of hydrogen-bond acceptors (Lipinski definition) is 5.